The van der Waals surface area contributed by atoms with E-state index in [2.05, 4.69) is 0 Å². The molecule has 1 fully saturated rings. The van der Waals surface area contributed by atoms with Crippen LogP contribution >= 0.6 is 0 Å². The van der Waals surface area contributed by atoms with Gasteiger partial charge in [0.2, 0.25) is 0 Å². The molecule has 1 heterocycles. The van der Waals surface area contributed by atoms with Crippen LogP contribution in [0, 0.1) is 0 Å². The maximum absolute atomic E-state index is 8.90. The van der Waals surface area contributed by atoms with Crippen LogP contribution in [-0.2, 0) is 4.74 Å². The van der Waals surface area contributed by atoms with Gasteiger partial charge in [-0.05, 0) is 23.9 Å². The van der Waals surface area contributed by atoms with E-state index >= 15 is 0 Å². The average molecular weight is 192 g/mol. The Morgan fingerprint density at radius 1 is 1.21 bits per heavy atom. The highest BCUT2D eigenvalue weighted by molar-refractivity contribution is 6.58. The third kappa shape index (κ3) is 1.98. The molecular weight excluding hydrogens is 179 g/mol. The highest BCUT2D eigenvalue weighted by atomic mass is 16.5. The zero-order valence-electron chi connectivity index (χ0n) is 7.89. The Bertz CT molecular complexity index is 291. The van der Waals surface area contributed by atoms with Gasteiger partial charge in [0.05, 0.1) is 6.10 Å². The maximum atomic E-state index is 8.90. The topological polar surface area (TPSA) is 49.7 Å². The summed E-state index contributed by atoms with van der Waals surface area (Å²) in [5.41, 5.74) is 1.64. The monoisotopic (exact) mass is 192 g/mol. The van der Waals surface area contributed by atoms with E-state index in [0.29, 0.717) is 5.46 Å². The zero-order chi connectivity index (χ0) is 9.97. The van der Waals surface area contributed by atoms with Gasteiger partial charge in [-0.2, -0.15) is 0 Å². The SMILES string of the molecule is OB(O)c1ccc(C2CCCO2)cc1. The van der Waals surface area contributed by atoms with Crippen molar-refractivity contribution in [3.05, 3.63) is 29.8 Å². The molecule has 1 aromatic carbocycles. The van der Waals surface area contributed by atoms with Crippen molar-refractivity contribution in [3.63, 3.8) is 0 Å². The van der Waals surface area contributed by atoms with Gasteiger partial charge in [-0.25, -0.2) is 0 Å². The molecule has 1 aromatic rings. The van der Waals surface area contributed by atoms with Gasteiger partial charge in [-0.15, -0.1) is 0 Å². The molecule has 3 nitrogen and oxygen atoms in total. The first-order valence-electron chi connectivity index (χ1n) is 4.85. The minimum Gasteiger partial charge on any atom is -0.423 e. The van der Waals surface area contributed by atoms with Crippen LogP contribution in [0.4, 0.5) is 0 Å². The molecule has 74 valence electrons. The Kier molecular flexibility index (Phi) is 2.86. The van der Waals surface area contributed by atoms with Gasteiger partial charge in [0.1, 0.15) is 0 Å². The van der Waals surface area contributed by atoms with Crippen molar-refractivity contribution < 1.29 is 14.8 Å². The van der Waals surface area contributed by atoms with E-state index in [4.69, 9.17) is 14.8 Å². The lowest BCUT2D eigenvalue weighted by molar-refractivity contribution is 0.112. The number of rotatable bonds is 2. The zero-order valence-corrected chi connectivity index (χ0v) is 7.89. The summed E-state index contributed by atoms with van der Waals surface area (Å²) in [6.45, 7) is 0.828. The number of benzene rings is 1. The molecule has 2 N–H and O–H groups in total. The fourth-order valence-corrected chi connectivity index (χ4v) is 1.72. The van der Waals surface area contributed by atoms with E-state index in [1.54, 1.807) is 12.1 Å². The molecule has 1 atom stereocenters. The van der Waals surface area contributed by atoms with E-state index in [0.717, 1.165) is 25.0 Å². The molecule has 0 spiro atoms. The van der Waals surface area contributed by atoms with Gasteiger partial charge in [-0.1, -0.05) is 24.3 Å². The van der Waals surface area contributed by atoms with Crippen molar-refractivity contribution in [1.82, 2.24) is 0 Å². The second-order valence-corrected chi connectivity index (χ2v) is 3.54. The summed E-state index contributed by atoms with van der Waals surface area (Å²) >= 11 is 0. The van der Waals surface area contributed by atoms with Gasteiger partial charge in [0, 0.05) is 6.61 Å². The highest BCUT2D eigenvalue weighted by Crippen LogP contribution is 2.27. The minimum atomic E-state index is -1.38. The first-order chi connectivity index (χ1) is 6.77. The molecular formula is C10H13BO3. The number of hydrogen-bond donors (Lipinski definition) is 2. The molecule has 0 bridgehead atoms. The smallest absolute Gasteiger partial charge is 0.423 e. The molecule has 2 rings (SSSR count). The van der Waals surface area contributed by atoms with Crippen molar-refractivity contribution in [1.29, 1.82) is 0 Å². The Balaban J connectivity index is 2.12. The molecule has 1 aliphatic rings. The van der Waals surface area contributed by atoms with Gasteiger partial charge >= 0.3 is 7.12 Å². The molecule has 0 aromatic heterocycles. The van der Waals surface area contributed by atoms with E-state index in [-0.39, 0.29) is 6.10 Å². The Morgan fingerprint density at radius 2 is 1.93 bits per heavy atom. The minimum absolute atomic E-state index is 0.194. The fourth-order valence-electron chi connectivity index (χ4n) is 1.72. The first kappa shape index (κ1) is 9.71. The summed E-state index contributed by atoms with van der Waals surface area (Å²) in [6, 6.07) is 7.24. The quantitative estimate of drug-likeness (QED) is 0.659. The second kappa shape index (κ2) is 4.13. The summed E-state index contributed by atoms with van der Waals surface area (Å²) in [6.07, 6.45) is 2.36. The van der Waals surface area contributed by atoms with Crippen molar-refractivity contribution >= 4 is 12.6 Å². The van der Waals surface area contributed by atoms with Crippen molar-refractivity contribution in [2.75, 3.05) is 6.61 Å². The van der Waals surface area contributed by atoms with Crippen LogP contribution in [0.25, 0.3) is 0 Å². The molecule has 0 radical (unpaired) electrons. The van der Waals surface area contributed by atoms with Gasteiger partial charge in [0.15, 0.2) is 0 Å². The predicted molar refractivity (Wildman–Crippen MR) is 54.2 cm³/mol. The summed E-state index contributed by atoms with van der Waals surface area (Å²) in [4.78, 5) is 0. The molecule has 4 heteroatoms. The molecule has 0 aliphatic carbocycles. The molecule has 0 amide bonds. The van der Waals surface area contributed by atoms with E-state index in [9.17, 15) is 0 Å². The molecule has 14 heavy (non-hydrogen) atoms. The summed E-state index contributed by atoms with van der Waals surface area (Å²) in [5.74, 6) is 0. The average Bonchev–Trinajstić information content (AvgIpc) is 2.71. The Labute approximate surface area is 83.5 Å². The molecule has 1 aliphatic heterocycles. The van der Waals surface area contributed by atoms with Crippen LogP contribution in [0.5, 0.6) is 0 Å². The van der Waals surface area contributed by atoms with Gasteiger partial charge in [0.25, 0.3) is 0 Å². The van der Waals surface area contributed by atoms with Crippen molar-refractivity contribution in [3.8, 4) is 0 Å². The standard InChI is InChI=1S/C10H13BO3/c12-11(13)9-5-3-8(4-6-9)10-2-1-7-14-10/h3-6,10,12-13H,1-2,7H2. The van der Waals surface area contributed by atoms with Crippen LogP contribution in [0.2, 0.25) is 0 Å². The fraction of sp³-hybridized carbons (Fsp3) is 0.400. The third-order valence-electron chi connectivity index (χ3n) is 2.54. The number of hydrogen-bond acceptors (Lipinski definition) is 3. The van der Waals surface area contributed by atoms with Crippen LogP contribution in [-0.4, -0.2) is 23.8 Å². The highest BCUT2D eigenvalue weighted by Gasteiger charge is 2.18. The van der Waals surface area contributed by atoms with Gasteiger partial charge in [-0.3, -0.25) is 0 Å². The van der Waals surface area contributed by atoms with Crippen LogP contribution in [0.3, 0.4) is 0 Å². The lowest BCUT2D eigenvalue weighted by atomic mass is 9.80. The van der Waals surface area contributed by atoms with Crippen LogP contribution < -0.4 is 5.46 Å². The summed E-state index contributed by atoms with van der Waals surface area (Å²) < 4.78 is 5.51. The first-order valence-corrected chi connectivity index (χ1v) is 4.85. The summed E-state index contributed by atoms with van der Waals surface area (Å²) in [5, 5.41) is 17.8. The maximum Gasteiger partial charge on any atom is 0.488 e. The molecule has 1 saturated heterocycles. The van der Waals surface area contributed by atoms with Crippen LogP contribution in [0.15, 0.2) is 24.3 Å². The Morgan fingerprint density at radius 3 is 2.43 bits per heavy atom. The summed E-state index contributed by atoms with van der Waals surface area (Å²) in [7, 11) is -1.38. The van der Waals surface area contributed by atoms with E-state index < -0.39 is 7.12 Å². The van der Waals surface area contributed by atoms with Gasteiger partial charge < -0.3 is 14.8 Å². The largest absolute Gasteiger partial charge is 0.488 e. The lowest BCUT2D eigenvalue weighted by Gasteiger charge is -2.09. The number of ether oxygens (including phenoxy) is 1. The normalized spacial score (nSPS) is 21.1. The Hall–Kier alpha value is -0.835. The van der Waals surface area contributed by atoms with E-state index in [1.165, 1.54) is 0 Å². The van der Waals surface area contributed by atoms with Crippen LogP contribution in [0.1, 0.15) is 24.5 Å². The van der Waals surface area contributed by atoms with E-state index in [1.807, 2.05) is 12.1 Å². The van der Waals surface area contributed by atoms with Crippen molar-refractivity contribution in [2.45, 2.75) is 18.9 Å². The second-order valence-electron chi connectivity index (χ2n) is 3.54. The lowest BCUT2D eigenvalue weighted by Crippen LogP contribution is -2.29. The third-order valence-corrected chi connectivity index (χ3v) is 2.54. The predicted octanol–water partition coefficient (Wildman–Crippen LogP) is 0.218. The molecule has 1 unspecified atom stereocenters. The molecule has 0 saturated carbocycles. The van der Waals surface area contributed by atoms with Crippen molar-refractivity contribution in [2.24, 2.45) is 0 Å².